The number of imidazole rings is 1. The topological polar surface area (TPSA) is 131 Å². The molecule has 3 rings (SSSR count). The van der Waals surface area contributed by atoms with E-state index in [2.05, 4.69) is 9.97 Å². The summed E-state index contributed by atoms with van der Waals surface area (Å²) in [4.78, 5) is 17.9. The molecule has 0 spiro atoms. The number of nitro groups is 1. The maximum atomic E-state index is 11.0. The molecule has 0 saturated heterocycles. The van der Waals surface area contributed by atoms with Gasteiger partial charge in [0.1, 0.15) is 22.5 Å². The van der Waals surface area contributed by atoms with E-state index in [-0.39, 0.29) is 22.2 Å². The van der Waals surface area contributed by atoms with Crippen LogP contribution in [0.25, 0.3) is 0 Å². The number of nitrogens with zero attached hydrogens (tertiary/aromatic N) is 3. The molecule has 25 heavy (non-hydrogen) atoms. The van der Waals surface area contributed by atoms with Crippen LogP contribution < -0.4 is 10.5 Å². The number of ether oxygens (including phenoxy) is 1. The van der Waals surface area contributed by atoms with Crippen LogP contribution in [-0.4, -0.2) is 14.9 Å². The number of halogens is 1. The van der Waals surface area contributed by atoms with Crippen molar-refractivity contribution in [1.29, 1.82) is 5.26 Å². The van der Waals surface area contributed by atoms with Crippen molar-refractivity contribution in [2.75, 3.05) is 0 Å². The van der Waals surface area contributed by atoms with Crippen LogP contribution in [0.3, 0.4) is 0 Å². The standard InChI is InChI=1S/C16H14ClN5O3/c1-2-3-12-20-14-13(9(7-18)15(19)25-16(14)21-12)8-4-5-11(22(23)24)10(17)6-8/h4-6,13H,2-3,19H2,1H3,(H,20,21). The van der Waals surface area contributed by atoms with Crippen molar-refractivity contribution >= 4 is 17.3 Å². The normalized spacial score (nSPS) is 16.1. The van der Waals surface area contributed by atoms with Gasteiger partial charge in [-0.3, -0.25) is 10.1 Å². The molecular weight excluding hydrogens is 346 g/mol. The van der Waals surface area contributed by atoms with Gasteiger partial charge in [-0.05, 0) is 18.1 Å². The van der Waals surface area contributed by atoms with Gasteiger partial charge in [-0.15, -0.1) is 0 Å². The molecule has 128 valence electrons. The van der Waals surface area contributed by atoms with Crippen LogP contribution in [0.4, 0.5) is 5.69 Å². The maximum Gasteiger partial charge on any atom is 0.287 e. The quantitative estimate of drug-likeness (QED) is 0.636. The molecule has 1 atom stereocenters. The molecule has 1 aromatic heterocycles. The fourth-order valence-electron chi connectivity index (χ4n) is 2.80. The average molecular weight is 360 g/mol. The van der Waals surface area contributed by atoms with E-state index in [0.29, 0.717) is 23.6 Å². The molecule has 1 unspecified atom stereocenters. The Morgan fingerprint density at radius 2 is 2.32 bits per heavy atom. The minimum absolute atomic E-state index is 0.0142. The molecule has 1 aliphatic heterocycles. The van der Waals surface area contributed by atoms with E-state index in [1.54, 1.807) is 6.07 Å². The summed E-state index contributed by atoms with van der Waals surface area (Å²) >= 11 is 6.02. The van der Waals surface area contributed by atoms with Crippen LogP contribution in [0.2, 0.25) is 5.02 Å². The molecule has 0 radical (unpaired) electrons. The number of nitrogens with two attached hydrogens (primary N) is 1. The zero-order chi connectivity index (χ0) is 18.1. The number of benzene rings is 1. The summed E-state index contributed by atoms with van der Waals surface area (Å²) in [6.45, 7) is 2.02. The monoisotopic (exact) mass is 359 g/mol. The van der Waals surface area contributed by atoms with E-state index in [1.165, 1.54) is 12.1 Å². The lowest BCUT2D eigenvalue weighted by Gasteiger charge is -2.22. The predicted octanol–water partition coefficient (Wildman–Crippen LogP) is 3.14. The number of aryl methyl sites for hydroxylation is 1. The lowest BCUT2D eigenvalue weighted by atomic mass is 9.87. The third-order valence-corrected chi connectivity index (χ3v) is 4.21. The maximum absolute atomic E-state index is 11.0. The molecule has 0 saturated carbocycles. The van der Waals surface area contributed by atoms with Crippen molar-refractivity contribution in [3.63, 3.8) is 0 Å². The summed E-state index contributed by atoms with van der Waals surface area (Å²) in [7, 11) is 0. The first-order valence-corrected chi connectivity index (χ1v) is 7.94. The highest BCUT2D eigenvalue weighted by molar-refractivity contribution is 6.32. The lowest BCUT2D eigenvalue weighted by Crippen LogP contribution is -2.21. The van der Waals surface area contributed by atoms with Gasteiger partial charge in [0.05, 0.1) is 16.5 Å². The van der Waals surface area contributed by atoms with Crippen LogP contribution in [0.5, 0.6) is 5.88 Å². The summed E-state index contributed by atoms with van der Waals surface area (Å²) < 4.78 is 5.46. The van der Waals surface area contributed by atoms with Crippen molar-refractivity contribution in [2.45, 2.75) is 25.7 Å². The minimum Gasteiger partial charge on any atom is -0.420 e. The SMILES string of the molecule is CCCc1nc2c([nH]1)C(c1ccc([N+](=O)[O-])c(Cl)c1)C(C#N)=C(N)O2. The fourth-order valence-corrected chi connectivity index (χ4v) is 3.06. The van der Waals surface area contributed by atoms with Gasteiger partial charge in [0, 0.05) is 12.5 Å². The molecule has 2 heterocycles. The molecular formula is C16H14ClN5O3. The van der Waals surface area contributed by atoms with E-state index < -0.39 is 10.8 Å². The molecule has 1 aromatic carbocycles. The number of fused-ring (bicyclic) bond motifs is 1. The minimum atomic E-state index is -0.579. The van der Waals surface area contributed by atoms with Gasteiger partial charge in [0.25, 0.3) is 5.69 Å². The number of allylic oxidation sites excluding steroid dienone is 1. The average Bonchev–Trinajstić information content (AvgIpc) is 2.95. The van der Waals surface area contributed by atoms with Crippen LogP contribution in [-0.2, 0) is 6.42 Å². The van der Waals surface area contributed by atoms with Crippen LogP contribution in [0.1, 0.15) is 36.3 Å². The third-order valence-electron chi connectivity index (χ3n) is 3.90. The number of nitro benzene ring substituents is 1. The van der Waals surface area contributed by atoms with Crippen molar-refractivity contribution in [3.8, 4) is 11.9 Å². The lowest BCUT2D eigenvalue weighted by molar-refractivity contribution is -0.384. The second-order valence-electron chi connectivity index (χ2n) is 5.55. The molecule has 0 aliphatic carbocycles. The van der Waals surface area contributed by atoms with Gasteiger partial charge < -0.3 is 15.5 Å². The zero-order valence-corrected chi connectivity index (χ0v) is 14.0. The highest BCUT2D eigenvalue weighted by Crippen LogP contribution is 2.42. The van der Waals surface area contributed by atoms with Crippen molar-refractivity contribution in [1.82, 2.24) is 9.97 Å². The number of aromatic nitrogens is 2. The second kappa shape index (κ2) is 6.45. The van der Waals surface area contributed by atoms with E-state index >= 15 is 0 Å². The van der Waals surface area contributed by atoms with E-state index in [9.17, 15) is 15.4 Å². The summed E-state index contributed by atoms with van der Waals surface area (Å²) in [6, 6.07) is 6.37. The highest BCUT2D eigenvalue weighted by atomic mass is 35.5. The Morgan fingerprint density at radius 1 is 1.56 bits per heavy atom. The van der Waals surface area contributed by atoms with Gasteiger partial charge >= 0.3 is 0 Å². The molecule has 8 nitrogen and oxygen atoms in total. The van der Waals surface area contributed by atoms with E-state index in [1.807, 2.05) is 13.0 Å². The highest BCUT2D eigenvalue weighted by Gasteiger charge is 2.34. The summed E-state index contributed by atoms with van der Waals surface area (Å²) in [6.07, 6.45) is 1.60. The Kier molecular flexibility index (Phi) is 4.33. The summed E-state index contributed by atoms with van der Waals surface area (Å²) in [5.74, 6) is 0.408. The molecule has 9 heteroatoms. The summed E-state index contributed by atoms with van der Waals surface area (Å²) in [5, 5.41) is 20.4. The molecule has 2 aromatic rings. The van der Waals surface area contributed by atoms with E-state index in [4.69, 9.17) is 22.1 Å². The number of nitrogens with one attached hydrogen (secondary N) is 1. The van der Waals surface area contributed by atoms with Crippen LogP contribution in [0, 0.1) is 21.4 Å². The Balaban J connectivity index is 2.14. The summed E-state index contributed by atoms with van der Waals surface area (Å²) in [5.41, 5.74) is 7.04. The first kappa shape index (κ1) is 16.8. The molecule has 0 bridgehead atoms. The number of nitriles is 1. The molecule has 0 amide bonds. The van der Waals surface area contributed by atoms with Gasteiger partial charge in [0.15, 0.2) is 0 Å². The first-order chi connectivity index (χ1) is 12.0. The predicted molar refractivity (Wildman–Crippen MR) is 90.0 cm³/mol. The number of H-pyrrole nitrogens is 1. The fraction of sp³-hybridized carbons (Fsp3) is 0.250. The van der Waals surface area contributed by atoms with Crippen molar-refractivity contribution in [3.05, 3.63) is 61.9 Å². The first-order valence-electron chi connectivity index (χ1n) is 7.56. The largest absolute Gasteiger partial charge is 0.420 e. The number of hydrogen-bond acceptors (Lipinski definition) is 6. The van der Waals surface area contributed by atoms with E-state index in [0.717, 1.165) is 12.2 Å². The van der Waals surface area contributed by atoms with Crippen molar-refractivity contribution < 1.29 is 9.66 Å². The van der Waals surface area contributed by atoms with Crippen molar-refractivity contribution in [2.24, 2.45) is 5.73 Å². The second-order valence-corrected chi connectivity index (χ2v) is 5.95. The van der Waals surface area contributed by atoms with Gasteiger partial charge in [-0.2, -0.15) is 10.2 Å². The Hall–Kier alpha value is -3.05. The zero-order valence-electron chi connectivity index (χ0n) is 13.2. The Bertz CT molecular complexity index is 928. The third kappa shape index (κ3) is 2.90. The smallest absolute Gasteiger partial charge is 0.287 e. The van der Waals surface area contributed by atoms with Crippen LogP contribution in [0.15, 0.2) is 29.7 Å². The molecule has 3 N–H and O–H groups in total. The Morgan fingerprint density at radius 3 is 2.92 bits per heavy atom. The van der Waals surface area contributed by atoms with Gasteiger partial charge in [-0.1, -0.05) is 24.6 Å². The number of hydrogen-bond donors (Lipinski definition) is 2. The molecule has 1 aliphatic rings. The number of aromatic amines is 1. The molecule has 0 fully saturated rings. The Labute approximate surface area is 148 Å². The number of rotatable bonds is 4. The van der Waals surface area contributed by atoms with Crippen LogP contribution >= 0.6 is 11.6 Å². The van der Waals surface area contributed by atoms with Gasteiger partial charge in [-0.25, -0.2) is 0 Å². The van der Waals surface area contributed by atoms with Gasteiger partial charge in [0.2, 0.25) is 11.8 Å².